The van der Waals surface area contributed by atoms with Crippen molar-refractivity contribution in [2.24, 2.45) is 28.5 Å². The van der Waals surface area contributed by atoms with Gasteiger partial charge in [-0.25, -0.2) is 4.79 Å². The van der Waals surface area contributed by atoms with Gasteiger partial charge in [0.15, 0.2) is 5.96 Å². The second kappa shape index (κ2) is 7.23. The van der Waals surface area contributed by atoms with Crippen molar-refractivity contribution < 1.29 is 19.8 Å². The molecule has 5 N–H and O–H groups in total. The molecule has 2 saturated heterocycles. The standard InChI is InChI=1S/C18H27N5O4S/c1-8-13-12(9(2)24)16(25)23(13)14(17(26)27)15(8)28-11-6-22(7-11)5-10-3-20-18(19)21-4-10/h8-13,24H,3-7H2,1-2H3,(H,26,27)(H3,19,20,21)/t8-,9-,12-,13-/m1/s1. The number of carbonyl (C=O) groups is 2. The van der Waals surface area contributed by atoms with Gasteiger partial charge in [-0.2, -0.15) is 0 Å². The molecule has 1 amide bonds. The van der Waals surface area contributed by atoms with E-state index in [0.29, 0.717) is 17.1 Å². The van der Waals surface area contributed by atoms with Crippen molar-refractivity contribution in [2.75, 3.05) is 32.7 Å². The maximum absolute atomic E-state index is 12.4. The Labute approximate surface area is 168 Å². The number of thioether (sulfide) groups is 1. The normalized spacial score (nSPS) is 34.3. The highest BCUT2D eigenvalue weighted by Crippen LogP contribution is 2.51. The van der Waals surface area contributed by atoms with Gasteiger partial charge in [-0.3, -0.25) is 9.79 Å². The Morgan fingerprint density at radius 2 is 2.18 bits per heavy atom. The van der Waals surface area contributed by atoms with Crippen LogP contribution in [0.15, 0.2) is 15.6 Å². The molecule has 4 heterocycles. The molecule has 154 valence electrons. The smallest absolute Gasteiger partial charge is 0.353 e. The molecule has 0 aliphatic carbocycles. The summed E-state index contributed by atoms with van der Waals surface area (Å²) in [5, 5.41) is 23.0. The number of nitrogens with zero attached hydrogens (tertiary/aromatic N) is 3. The number of hydrogen-bond donors (Lipinski definition) is 4. The minimum absolute atomic E-state index is 0.0673. The van der Waals surface area contributed by atoms with E-state index in [1.807, 2.05) is 6.92 Å². The van der Waals surface area contributed by atoms with Crippen molar-refractivity contribution >= 4 is 29.6 Å². The van der Waals surface area contributed by atoms with Crippen molar-refractivity contribution in [1.29, 1.82) is 0 Å². The lowest BCUT2D eigenvalue weighted by Gasteiger charge is -2.46. The van der Waals surface area contributed by atoms with Crippen molar-refractivity contribution in [2.45, 2.75) is 31.2 Å². The maximum atomic E-state index is 12.4. The number of aliphatic hydroxyl groups is 1. The summed E-state index contributed by atoms with van der Waals surface area (Å²) in [4.78, 5) is 33.0. The Morgan fingerprint density at radius 1 is 1.46 bits per heavy atom. The average Bonchev–Trinajstić information content (AvgIpc) is 2.83. The maximum Gasteiger partial charge on any atom is 0.353 e. The van der Waals surface area contributed by atoms with Gasteiger partial charge in [-0.1, -0.05) is 6.92 Å². The van der Waals surface area contributed by atoms with Gasteiger partial charge >= 0.3 is 5.97 Å². The number of carboxylic acids is 1. The van der Waals surface area contributed by atoms with Gasteiger partial charge in [0.1, 0.15) is 5.70 Å². The Balaban J connectivity index is 1.37. The number of rotatable bonds is 6. The zero-order chi connectivity index (χ0) is 20.2. The van der Waals surface area contributed by atoms with Crippen LogP contribution < -0.4 is 11.1 Å². The van der Waals surface area contributed by atoms with E-state index in [-0.39, 0.29) is 23.6 Å². The lowest BCUT2D eigenvalue weighted by atomic mass is 9.79. The first-order valence-electron chi connectivity index (χ1n) is 9.69. The average molecular weight is 410 g/mol. The summed E-state index contributed by atoms with van der Waals surface area (Å²) >= 11 is 1.59. The van der Waals surface area contributed by atoms with Crippen LogP contribution in [-0.2, 0) is 9.59 Å². The number of nitrogens with two attached hydrogens (primary N) is 1. The van der Waals surface area contributed by atoms with Crippen LogP contribution in [0.5, 0.6) is 0 Å². The summed E-state index contributed by atoms with van der Waals surface area (Å²) in [6, 6.07) is -0.242. The van der Waals surface area contributed by atoms with E-state index >= 15 is 0 Å². The van der Waals surface area contributed by atoms with Crippen molar-refractivity contribution in [3.05, 3.63) is 10.6 Å². The monoisotopic (exact) mass is 409 g/mol. The third-order valence-corrected chi connectivity index (χ3v) is 7.59. The SMILES string of the molecule is C[C@@H](O)[C@H]1C(=O)N2C(C(=O)O)=C(SC3CN(CC4CN=C(N)NC4)C3)[C@H](C)[C@H]12. The number of amides is 1. The van der Waals surface area contributed by atoms with Crippen LogP contribution in [0.2, 0.25) is 0 Å². The Bertz CT molecular complexity index is 748. The molecule has 4 aliphatic rings. The molecule has 0 spiro atoms. The topological polar surface area (TPSA) is 131 Å². The molecule has 4 aliphatic heterocycles. The van der Waals surface area contributed by atoms with Crippen molar-refractivity contribution in [3.63, 3.8) is 0 Å². The summed E-state index contributed by atoms with van der Waals surface area (Å²) in [6.45, 7) is 7.85. The molecule has 5 atom stereocenters. The second-order valence-corrected chi connectivity index (χ2v) is 9.55. The minimum atomic E-state index is -1.06. The van der Waals surface area contributed by atoms with Gasteiger partial charge in [0, 0.05) is 54.7 Å². The highest BCUT2D eigenvalue weighted by molar-refractivity contribution is 8.03. The van der Waals surface area contributed by atoms with Gasteiger partial charge in [0.25, 0.3) is 0 Å². The molecule has 1 unspecified atom stereocenters. The van der Waals surface area contributed by atoms with Crippen molar-refractivity contribution in [1.82, 2.24) is 15.1 Å². The molecule has 0 saturated carbocycles. The number of aliphatic hydroxyl groups excluding tert-OH is 1. The highest BCUT2D eigenvalue weighted by atomic mass is 32.2. The molecule has 0 aromatic rings. The first-order valence-corrected chi connectivity index (χ1v) is 10.6. The highest BCUT2D eigenvalue weighted by Gasteiger charge is 2.60. The summed E-state index contributed by atoms with van der Waals surface area (Å²) in [5.41, 5.74) is 5.74. The van der Waals surface area contributed by atoms with Crippen LogP contribution in [-0.4, -0.2) is 88.0 Å². The number of likely N-dealkylation sites (tertiary alicyclic amines) is 1. The zero-order valence-corrected chi connectivity index (χ0v) is 16.9. The molecule has 0 aromatic carbocycles. The van der Waals surface area contributed by atoms with E-state index in [2.05, 4.69) is 15.2 Å². The summed E-state index contributed by atoms with van der Waals surface area (Å²) < 4.78 is 0. The molecule has 0 aromatic heterocycles. The van der Waals surface area contributed by atoms with Crippen LogP contribution in [0.1, 0.15) is 13.8 Å². The number of guanidine groups is 1. The molecule has 0 bridgehead atoms. The third kappa shape index (κ3) is 3.17. The van der Waals surface area contributed by atoms with Gasteiger partial charge in [0.2, 0.25) is 5.91 Å². The van der Waals surface area contributed by atoms with Crippen molar-refractivity contribution in [3.8, 4) is 0 Å². The number of aliphatic carboxylic acids is 1. The predicted octanol–water partition coefficient (Wildman–Crippen LogP) is -0.908. The molecule has 9 nitrogen and oxygen atoms in total. The summed E-state index contributed by atoms with van der Waals surface area (Å²) in [7, 11) is 0. The molecule has 0 radical (unpaired) electrons. The van der Waals surface area contributed by atoms with Gasteiger partial charge in [0.05, 0.1) is 18.1 Å². The number of carbonyl (C=O) groups excluding carboxylic acids is 1. The van der Waals surface area contributed by atoms with Crippen LogP contribution in [0.3, 0.4) is 0 Å². The third-order valence-electron chi connectivity index (χ3n) is 6.14. The first-order chi connectivity index (χ1) is 13.3. The van der Waals surface area contributed by atoms with Gasteiger partial charge < -0.3 is 31.1 Å². The molecule has 4 rings (SSSR count). The van der Waals surface area contributed by atoms with Gasteiger partial charge in [-0.15, -0.1) is 11.8 Å². The fourth-order valence-corrected chi connectivity index (χ4v) is 6.27. The molecular formula is C18H27N5O4S. The van der Waals surface area contributed by atoms with Gasteiger partial charge in [-0.05, 0) is 6.92 Å². The fraction of sp³-hybridized carbons (Fsp3) is 0.722. The molecular weight excluding hydrogens is 382 g/mol. The van der Waals surface area contributed by atoms with E-state index in [9.17, 15) is 19.8 Å². The second-order valence-electron chi connectivity index (χ2n) is 8.20. The van der Waals surface area contributed by atoms with Crippen LogP contribution in [0, 0.1) is 17.8 Å². The number of nitrogens with one attached hydrogen (secondary N) is 1. The van der Waals surface area contributed by atoms with Crippen LogP contribution in [0.4, 0.5) is 0 Å². The first kappa shape index (κ1) is 19.5. The number of hydrogen-bond acceptors (Lipinski definition) is 8. The molecule has 2 fully saturated rings. The number of β-lactam (4-membered cyclic amide) rings is 1. The van der Waals surface area contributed by atoms with Crippen LogP contribution in [0.25, 0.3) is 0 Å². The lowest BCUT2D eigenvalue weighted by molar-refractivity contribution is -0.163. The molecule has 10 heteroatoms. The largest absolute Gasteiger partial charge is 0.477 e. The summed E-state index contributed by atoms with van der Waals surface area (Å²) in [6.07, 6.45) is -0.768. The van der Waals surface area contributed by atoms with E-state index < -0.39 is 18.0 Å². The quantitative estimate of drug-likeness (QED) is 0.415. The minimum Gasteiger partial charge on any atom is -0.477 e. The van der Waals surface area contributed by atoms with Crippen LogP contribution >= 0.6 is 11.8 Å². The Hall–Kier alpha value is -1.78. The predicted molar refractivity (Wildman–Crippen MR) is 105 cm³/mol. The summed E-state index contributed by atoms with van der Waals surface area (Å²) in [5.74, 6) is -0.974. The Morgan fingerprint density at radius 3 is 2.75 bits per heavy atom. The van der Waals surface area contributed by atoms with E-state index in [4.69, 9.17) is 5.73 Å². The van der Waals surface area contributed by atoms with E-state index in [0.717, 1.165) is 37.6 Å². The zero-order valence-electron chi connectivity index (χ0n) is 16.0. The fourth-order valence-electron chi connectivity index (χ4n) is 4.69. The van der Waals surface area contributed by atoms with E-state index in [1.54, 1.807) is 18.7 Å². The molecule has 28 heavy (non-hydrogen) atoms. The Kier molecular flexibility index (Phi) is 5.05. The number of fused-ring (bicyclic) bond motifs is 1. The lowest BCUT2D eigenvalue weighted by Crippen LogP contribution is -2.63. The van der Waals surface area contributed by atoms with E-state index in [1.165, 1.54) is 4.90 Å². The number of carboxylic acid groups (broad SMARTS) is 1. The number of aliphatic imine (C=N–C) groups is 1.